The normalized spacial score (nSPS) is 11.3. The zero-order valence-electron chi connectivity index (χ0n) is 15.5. The van der Waals surface area contributed by atoms with Gasteiger partial charge in [-0.3, -0.25) is 4.99 Å². The molecule has 0 aliphatic rings. The third kappa shape index (κ3) is 7.90. The standard InChI is InChI=1S/C18H26ClN5O.HI/c1-4-20-18(21-10-8-13(2)3)22-11-9-16-23-17(24-25-16)14-6-5-7-15(19)12-14;/h5-7,12-13H,4,8-11H2,1-3H3,(H2,20,21,22);1H. The molecule has 6 nitrogen and oxygen atoms in total. The van der Waals surface area contributed by atoms with Crippen LogP contribution in [0.1, 0.15) is 33.1 Å². The fourth-order valence-electron chi connectivity index (χ4n) is 2.17. The second-order valence-electron chi connectivity index (χ2n) is 6.14. The zero-order chi connectivity index (χ0) is 18.1. The first-order valence-electron chi connectivity index (χ1n) is 8.69. The van der Waals surface area contributed by atoms with Crippen LogP contribution in [-0.4, -0.2) is 35.7 Å². The van der Waals surface area contributed by atoms with Gasteiger partial charge in [0.15, 0.2) is 5.96 Å². The molecule has 26 heavy (non-hydrogen) atoms. The maximum Gasteiger partial charge on any atom is 0.228 e. The molecule has 0 radical (unpaired) electrons. The van der Waals surface area contributed by atoms with E-state index < -0.39 is 0 Å². The van der Waals surface area contributed by atoms with E-state index in [0.717, 1.165) is 31.0 Å². The molecule has 0 amide bonds. The molecular formula is C18H27ClIN5O. The molecule has 0 spiro atoms. The van der Waals surface area contributed by atoms with Crippen LogP contribution in [0.3, 0.4) is 0 Å². The van der Waals surface area contributed by atoms with Crippen molar-refractivity contribution in [2.75, 3.05) is 19.6 Å². The van der Waals surface area contributed by atoms with Gasteiger partial charge in [0.25, 0.3) is 0 Å². The molecule has 1 heterocycles. The highest BCUT2D eigenvalue weighted by Gasteiger charge is 2.09. The predicted octanol–water partition coefficient (Wildman–Crippen LogP) is 4.15. The van der Waals surface area contributed by atoms with E-state index in [0.29, 0.717) is 35.6 Å². The Balaban J connectivity index is 0.00000338. The average molecular weight is 492 g/mol. The lowest BCUT2D eigenvalue weighted by Crippen LogP contribution is -2.38. The molecule has 2 rings (SSSR count). The topological polar surface area (TPSA) is 75.3 Å². The van der Waals surface area contributed by atoms with Gasteiger partial charge in [0.1, 0.15) is 0 Å². The minimum absolute atomic E-state index is 0. The van der Waals surface area contributed by atoms with Gasteiger partial charge in [0.2, 0.25) is 11.7 Å². The number of nitrogens with one attached hydrogen (secondary N) is 2. The Hall–Kier alpha value is -1.35. The van der Waals surface area contributed by atoms with Crippen LogP contribution >= 0.6 is 35.6 Å². The van der Waals surface area contributed by atoms with Crippen LogP contribution in [0, 0.1) is 5.92 Å². The first-order valence-corrected chi connectivity index (χ1v) is 9.07. The molecule has 0 saturated carbocycles. The number of benzene rings is 1. The van der Waals surface area contributed by atoms with Crippen LogP contribution in [0.4, 0.5) is 0 Å². The number of aliphatic imine (C=N–C) groups is 1. The molecule has 0 aliphatic heterocycles. The molecule has 0 aliphatic carbocycles. The summed E-state index contributed by atoms with van der Waals surface area (Å²) < 4.78 is 5.31. The van der Waals surface area contributed by atoms with Gasteiger partial charge >= 0.3 is 0 Å². The van der Waals surface area contributed by atoms with E-state index >= 15 is 0 Å². The Kier molecular flexibility index (Phi) is 10.6. The van der Waals surface area contributed by atoms with Gasteiger partial charge < -0.3 is 15.2 Å². The van der Waals surface area contributed by atoms with Gasteiger partial charge in [-0.2, -0.15) is 4.98 Å². The molecule has 2 aromatic rings. The fourth-order valence-corrected chi connectivity index (χ4v) is 2.36. The highest BCUT2D eigenvalue weighted by Crippen LogP contribution is 2.19. The molecule has 0 bridgehead atoms. The first kappa shape index (κ1) is 22.7. The molecule has 8 heteroatoms. The number of guanidine groups is 1. The summed E-state index contributed by atoms with van der Waals surface area (Å²) in [4.78, 5) is 8.97. The summed E-state index contributed by atoms with van der Waals surface area (Å²) in [7, 11) is 0. The lowest BCUT2D eigenvalue weighted by atomic mass is 10.1. The van der Waals surface area contributed by atoms with Gasteiger partial charge in [-0.1, -0.05) is 42.7 Å². The summed E-state index contributed by atoms with van der Waals surface area (Å²) in [6.07, 6.45) is 1.70. The van der Waals surface area contributed by atoms with E-state index in [1.165, 1.54) is 0 Å². The van der Waals surface area contributed by atoms with E-state index in [9.17, 15) is 0 Å². The van der Waals surface area contributed by atoms with Crippen molar-refractivity contribution in [3.63, 3.8) is 0 Å². The smallest absolute Gasteiger partial charge is 0.228 e. The number of hydrogen-bond acceptors (Lipinski definition) is 4. The Morgan fingerprint density at radius 2 is 2.12 bits per heavy atom. The van der Waals surface area contributed by atoms with E-state index in [4.69, 9.17) is 16.1 Å². The fraction of sp³-hybridized carbons (Fsp3) is 0.500. The summed E-state index contributed by atoms with van der Waals surface area (Å²) in [6.45, 7) is 8.75. The second kappa shape index (κ2) is 12.1. The highest BCUT2D eigenvalue weighted by molar-refractivity contribution is 14.0. The number of nitrogens with zero attached hydrogens (tertiary/aromatic N) is 3. The minimum Gasteiger partial charge on any atom is -0.357 e. The lowest BCUT2D eigenvalue weighted by Gasteiger charge is -2.10. The van der Waals surface area contributed by atoms with E-state index in [-0.39, 0.29) is 24.0 Å². The summed E-state index contributed by atoms with van der Waals surface area (Å²) in [5, 5.41) is 11.2. The molecule has 0 atom stereocenters. The van der Waals surface area contributed by atoms with Crippen LogP contribution < -0.4 is 10.6 Å². The molecule has 0 fully saturated rings. The van der Waals surface area contributed by atoms with Crippen molar-refractivity contribution < 1.29 is 4.52 Å². The summed E-state index contributed by atoms with van der Waals surface area (Å²) in [5.41, 5.74) is 0.846. The largest absolute Gasteiger partial charge is 0.357 e. The maximum absolute atomic E-state index is 5.99. The predicted molar refractivity (Wildman–Crippen MR) is 117 cm³/mol. The highest BCUT2D eigenvalue weighted by atomic mass is 127. The maximum atomic E-state index is 5.99. The van der Waals surface area contributed by atoms with Crippen molar-refractivity contribution in [1.29, 1.82) is 0 Å². The Morgan fingerprint density at radius 3 is 2.81 bits per heavy atom. The molecule has 0 saturated heterocycles. The zero-order valence-corrected chi connectivity index (χ0v) is 18.5. The second-order valence-corrected chi connectivity index (χ2v) is 6.58. The van der Waals surface area contributed by atoms with Crippen LogP contribution in [0.5, 0.6) is 0 Å². The van der Waals surface area contributed by atoms with Crippen LogP contribution in [-0.2, 0) is 6.42 Å². The quantitative estimate of drug-likeness (QED) is 0.330. The van der Waals surface area contributed by atoms with Crippen LogP contribution in [0.2, 0.25) is 5.02 Å². The first-order chi connectivity index (χ1) is 12.1. The van der Waals surface area contributed by atoms with E-state index in [1.807, 2.05) is 24.3 Å². The summed E-state index contributed by atoms with van der Waals surface area (Å²) in [5.74, 6) is 2.60. The molecular weight excluding hydrogens is 465 g/mol. The third-order valence-electron chi connectivity index (χ3n) is 3.50. The van der Waals surface area contributed by atoms with Crippen molar-refractivity contribution in [3.05, 3.63) is 35.2 Å². The number of hydrogen-bond donors (Lipinski definition) is 2. The minimum atomic E-state index is 0. The molecule has 2 N–H and O–H groups in total. The van der Waals surface area contributed by atoms with Crippen LogP contribution in [0.25, 0.3) is 11.4 Å². The SMILES string of the molecule is CCNC(=NCCC(C)C)NCCc1nc(-c2cccc(Cl)c2)no1.I. The lowest BCUT2D eigenvalue weighted by molar-refractivity contribution is 0.378. The van der Waals surface area contributed by atoms with E-state index in [1.54, 1.807) is 0 Å². The molecule has 144 valence electrons. The molecule has 1 aromatic heterocycles. The van der Waals surface area contributed by atoms with E-state index in [2.05, 4.69) is 46.5 Å². The third-order valence-corrected chi connectivity index (χ3v) is 3.74. The Morgan fingerprint density at radius 1 is 1.31 bits per heavy atom. The molecule has 1 aromatic carbocycles. The number of halogens is 2. The number of rotatable bonds is 8. The van der Waals surface area contributed by atoms with Gasteiger partial charge in [0, 0.05) is 36.6 Å². The van der Waals surface area contributed by atoms with Crippen LogP contribution in [0.15, 0.2) is 33.8 Å². The number of aromatic nitrogens is 2. The van der Waals surface area contributed by atoms with Crippen molar-refractivity contribution in [3.8, 4) is 11.4 Å². The average Bonchev–Trinajstić information content (AvgIpc) is 3.03. The van der Waals surface area contributed by atoms with Crippen molar-refractivity contribution in [2.45, 2.75) is 33.6 Å². The van der Waals surface area contributed by atoms with Crippen molar-refractivity contribution in [2.24, 2.45) is 10.9 Å². The summed E-state index contributed by atoms with van der Waals surface area (Å²) >= 11 is 5.99. The monoisotopic (exact) mass is 491 g/mol. The Labute approximate surface area is 177 Å². The molecule has 0 unspecified atom stereocenters. The van der Waals surface area contributed by atoms with Crippen molar-refractivity contribution >= 4 is 41.5 Å². The van der Waals surface area contributed by atoms with Gasteiger partial charge in [-0.05, 0) is 31.4 Å². The van der Waals surface area contributed by atoms with Crippen molar-refractivity contribution in [1.82, 2.24) is 20.8 Å². The van der Waals surface area contributed by atoms with Gasteiger partial charge in [-0.15, -0.1) is 24.0 Å². The van der Waals surface area contributed by atoms with Gasteiger partial charge in [-0.25, -0.2) is 0 Å². The summed E-state index contributed by atoms with van der Waals surface area (Å²) in [6, 6.07) is 7.41. The van der Waals surface area contributed by atoms with Gasteiger partial charge in [0.05, 0.1) is 0 Å². The Bertz CT molecular complexity index is 690.